The summed E-state index contributed by atoms with van der Waals surface area (Å²) < 4.78 is 25.5. The van der Waals surface area contributed by atoms with Crippen molar-refractivity contribution in [3.8, 4) is 0 Å². The smallest absolute Gasteiger partial charge is 0.242 e. The van der Waals surface area contributed by atoms with E-state index in [0.717, 1.165) is 31.0 Å². The normalized spacial score (nSPS) is 17.3. The molecular formula is C21H29IN4O2S. The Morgan fingerprint density at radius 1 is 1.14 bits per heavy atom. The largest absolute Gasteiger partial charge is 0.352 e. The van der Waals surface area contributed by atoms with E-state index in [1.165, 1.54) is 24.0 Å². The highest BCUT2D eigenvalue weighted by molar-refractivity contribution is 14.0. The molecule has 29 heavy (non-hydrogen) atoms. The van der Waals surface area contributed by atoms with Crippen LogP contribution >= 0.6 is 24.0 Å². The lowest BCUT2D eigenvalue weighted by Gasteiger charge is -2.22. The highest BCUT2D eigenvalue weighted by Crippen LogP contribution is 2.26. The van der Waals surface area contributed by atoms with Crippen molar-refractivity contribution in [1.29, 1.82) is 0 Å². The molecule has 1 fully saturated rings. The summed E-state index contributed by atoms with van der Waals surface area (Å²) in [6, 6.07) is 17.6. The number of benzene rings is 2. The highest BCUT2D eigenvalue weighted by atomic mass is 127. The van der Waals surface area contributed by atoms with Crippen LogP contribution < -0.4 is 5.32 Å². The van der Waals surface area contributed by atoms with Gasteiger partial charge in [-0.3, -0.25) is 4.99 Å². The summed E-state index contributed by atoms with van der Waals surface area (Å²) in [7, 11) is 1.47. The lowest BCUT2D eigenvalue weighted by atomic mass is 9.99. The van der Waals surface area contributed by atoms with Crippen molar-refractivity contribution in [1.82, 2.24) is 14.5 Å². The molecule has 0 radical (unpaired) electrons. The number of guanidine groups is 1. The highest BCUT2D eigenvalue weighted by Gasteiger charge is 2.25. The number of rotatable bonds is 5. The maximum absolute atomic E-state index is 12.2. The Hall–Kier alpha value is -1.65. The fourth-order valence-corrected chi connectivity index (χ4v) is 4.36. The Balaban J connectivity index is 0.00000300. The van der Waals surface area contributed by atoms with Crippen molar-refractivity contribution in [2.75, 3.05) is 34.2 Å². The summed E-state index contributed by atoms with van der Waals surface area (Å²) in [5.74, 6) is 1.40. The molecule has 1 N–H and O–H groups in total. The number of sulfonamides is 1. The second-order valence-electron chi connectivity index (χ2n) is 7.17. The fourth-order valence-electron chi connectivity index (χ4n) is 3.45. The van der Waals surface area contributed by atoms with Gasteiger partial charge < -0.3 is 10.2 Å². The molecule has 1 unspecified atom stereocenters. The second-order valence-corrected chi connectivity index (χ2v) is 9.33. The van der Waals surface area contributed by atoms with Crippen LogP contribution in [0.25, 0.3) is 0 Å². The average Bonchev–Trinajstić information content (AvgIpc) is 3.19. The standard InChI is InChI=1S/C21H28N4O2S.HI/c1-22-21(25-14-13-19(16-25)18-7-5-4-6-8-18)23-15-17-9-11-20(12-10-17)28(26,27)24(2)3;/h4-12,19H,13-16H2,1-3H3,(H,22,23);1H. The minimum Gasteiger partial charge on any atom is -0.352 e. The van der Waals surface area contributed by atoms with E-state index in [0.29, 0.717) is 17.4 Å². The van der Waals surface area contributed by atoms with E-state index in [4.69, 9.17) is 0 Å². The SMILES string of the molecule is CN=C(NCc1ccc(S(=O)(=O)N(C)C)cc1)N1CCC(c2ccccc2)C1.I. The van der Waals surface area contributed by atoms with Gasteiger partial charge in [0.2, 0.25) is 10.0 Å². The molecule has 0 aromatic heterocycles. The molecule has 158 valence electrons. The van der Waals surface area contributed by atoms with Gasteiger partial charge in [-0.1, -0.05) is 42.5 Å². The summed E-state index contributed by atoms with van der Waals surface area (Å²) >= 11 is 0. The minimum absolute atomic E-state index is 0. The third-order valence-corrected chi connectivity index (χ3v) is 6.95. The van der Waals surface area contributed by atoms with Crippen molar-refractivity contribution < 1.29 is 8.42 Å². The van der Waals surface area contributed by atoms with E-state index in [-0.39, 0.29) is 24.0 Å². The molecular weight excluding hydrogens is 499 g/mol. The second kappa shape index (κ2) is 10.4. The van der Waals surface area contributed by atoms with Gasteiger partial charge in [0.1, 0.15) is 0 Å². The molecule has 2 aromatic rings. The first-order chi connectivity index (χ1) is 13.4. The van der Waals surface area contributed by atoms with Crippen LogP contribution in [0, 0.1) is 0 Å². The maximum atomic E-state index is 12.2. The van der Waals surface area contributed by atoms with E-state index in [1.807, 2.05) is 18.2 Å². The van der Waals surface area contributed by atoms with E-state index in [2.05, 4.69) is 39.5 Å². The molecule has 1 aliphatic heterocycles. The quantitative estimate of drug-likeness (QED) is 0.368. The third-order valence-electron chi connectivity index (χ3n) is 5.12. The van der Waals surface area contributed by atoms with Crippen molar-refractivity contribution >= 4 is 40.0 Å². The van der Waals surface area contributed by atoms with E-state index in [9.17, 15) is 8.42 Å². The zero-order chi connectivity index (χ0) is 20.1. The van der Waals surface area contributed by atoms with Crippen LogP contribution in [0.1, 0.15) is 23.5 Å². The first kappa shape index (κ1) is 23.6. The number of hydrogen-bond acceptors (Lipinski definition) is 3. The summed E-state index contributed by atoms with van der Waals surface area (Å²) in [4.78, 5) is 7.00. The van der Waals surface area contributed by atoms with Crippen LogP contribution in [-0.4, -0.2) is 57.8 Å². The van der Waals surface area contributed by atoms with Crippen molar-refractivity contribution in [3.05, 3.63) is 65.7 Å². The van der Waals surface area contributed by atoms with Gasteiger partial charge in [0.15, 0.2) is 5.96 Å². The molecule has 1 aliphatic rings. The predicted octanol–water partition coefficient (Wildman–Crippen LogP) is 3.12. The van der Waals surface area contributed by atoms with Crippen LogP contribution in [0.4, 0.5) is 0 Å². The Morgan fingerprint density at radius 3 is 2.38 bits per heavy atom. The number of likely N-dealkylation sites (tertiary alicyclic amines) is 1. The van der Waals surface area contributed by atoms with Crippen LogP contribution in [0.2, 0.25) is 0 Å². The van der Waals surface area contributed by atoms with Gasteiger partial charge in [0.05, 0.1) is 4.90 Å². The fraction of sp³-hybridized carbons (Fsp3) is 0.381. The first-order valence-corrected chi connectivity index (χ1v) is 10.9. The summed E-state index contributed by atoms with van der Waals surface area (Å²) in [5.41, 5.74) is 2.39. The monoisotopic (exact) mass is 528 g/mol. The Morgan fingerprint density at radius 2 is 1.79 bits per heavy atom. The first-order valence-electron chi connectivity index (χ1n) is 9.44. The van der Waals surface area contributed by atoms with Gasteiger partial charge in [-0.2, -0.15) is 0 Å². The van der Waals surface area contributed by atoms with Crippen LogP contribution in [0.3, 0.4) is 0 Å². The molecule has 0 aliphatic carbocycles. The zero-order valence-electron chi connectivity index (χ0n) is 17.1. The van der Waals surface area contributed by atoms with E-state index in [1.54, 1.807) is 19.2 Å². The number of hydrogen-bond donors (Lipinski definition) is 1. The van der Waals surface area contributed by atoms with Crippen LogP contribution in [0.15, 0.2) is 64.5 Å². The maximum Gasteiger partial charge on any atom is 0.242 e. The van der Waals surface area contributed by atoms with Crippen LogP contribution in [-0.2, 0) is 16.6 Å². The lowest BCUT2D eigenvalue weighted by Crippen LogP contribution is -2.39. The molecule has 2 aromatic carbocycles. The lowest BCUT2D eigenvalue weighted by molar-refractivity contribution is 0.486. The molecule has 1 atom stereocenters. The van der Waals surface area contributed by atoms with Gasteiger partial charge in [0, 0.05) is 46.7 Å². The summed E-state index contributed by atoms with van der Waals surface area (Å²) in [6.45, 7) is 2.52. The van der Waals surface area contributed by atoms with Gasteiger partial charge in [-0.05, 0) is 29.7 Å². The zero-order valence-corrected chi connectivity index (χ0v) is 20.2. The molecule has 0 saturated carbocycles. The molecule has 8 heteroatoms. The molecule has 0 spiro atoms. The van der Waals surface area contributed by atoms with Gasteiger partial charge in [-0.15, -0.1) is 24.0 Å². The Labute approximate surface area is 191 Å². The third kappa shape index (κ3) is 5.70. The molecule has 3 rings (SSSR count). The average molecular weight is 528 g/mol. The number of halogens is 1. The van der Waals surface area contributed by atoms with Gasteiger partial charge in [-0.25, -0.2) is 12.7 Å². The van der Waals surface area contributed by atoms with Crippen LogP contribution in [0.5, 0.6) is 0 Å². The number of nitrogens with one attached hydrogen (secondary N) is 1. The number of aliphatic imine (C=N–C) groups is 1. The van der Waals surface area contributed by atoms with Gasteiger partial charge >= 0.3 is 0 Å². The van der Waals surface area contributed by atoms with Crippen molar-refractivity contribution in [2.45, 2.75) is 23.8 Å². The summed E-state index contributed by atoms with van der Waals surface area (Å²) in [5, 5.41) is 3.40. The van der Waals surface area contributed by atoms with E-state index >= 15 is 0 Å². The Kier molecular flexibility index (Phi) is 8.47. The minimum atomic E-state index is -3.39. The molecule has 1 heterocycles. The molecule has 1 saturated heterocycles. The topological polar surface area (TPSA) is 65.0 Å². The molecule has 6 nitrogen and oxygen atoms in total. The molecule has 0 bridgehead atoms. The van der Waals surface area contributed by atoms with Crippen molar-refractivity contribution in [2.24, 2.45) is 4.99 Å². The van der Waals surface area contributed by atoms with Crippen molar-refractivity contribution in [3.63, 3.8) is 0 Å². The predicted molar refractivity (Wildman–Crippen MR) is 128 cm³/mol. The Bertz CT molecular complexity index is 915. The summed E-state index contributed by atoms with van der Waals surface area (Å²) in [6.07, 6.45) is 1.11. The number of nitrogens with zero attached hydrogens (tertiary/aromatic N) is 3. The van der Waals surface area contributed by atoms with Gasteiger partial charge in [0.25, 0.3) is 0 Å². The molecule has 0 amide bonds. The van der Waals surface area contributed by atoms with E-state index < -0.39 is 10.0 Å².